The van der Waals surface area contributed by atoms with Crippen LogP contribution in [-0.4, -0.2) is 47.5 Å². The van der Waals surface area contributed by atoms with Gasteiger partial charge < -0.3 is 24.7 Å². The van der Waals surface area contributed by atoms with E-state index in [0.717, 1.165) is 31.1 Å². The minimum atomic E-state index is -0.922. The van der Waals surface area contributed by atoms with Crippen LogP contribution in [0.4, 0.5) is 0 Å². The highest BCUT2D eigenvalue weighted by Gasteiger charge is 2.39. The molecule has 1 saturated carbocycles. The standard InChI is InChI=1S/C22H25N3O5/c26-19-6-7-25(19)20(22(28)23-14-4-2-1-3-5-14)15-10-13-11-17-18(30-9-8-29-17)12-16(13)24-21(15)27/h10-12,14,20H,1-9H2,(H,23,28)(H,24,27)/t20-/m1/s1. The summed E-state index contributed by atoms with van der Waals surface area (Å²) in [7, 11) is 0. The summed E-state index contributed by atoms with van der Waals surface area (Å²) in [5.41, 5.74) is 0.512. The van der Waals surface area contributed by atoms with Gasteiger partial charge in [-0.2, -0.15) is 0 Å². The van der Waals surface area contributed by atoms with Crippen LogP contribution < -0.4 is 20.3 Å². The molecule has 5 rings (SSSR count). The number of fused-ring (bicyclic) bond motifs is 2. The molecular formula is C22H25N3O5. The third-order valence-corrected chi connectivity index (χ3v) is 6.23. The van der Waals surface area contributed by atoms with Gasteiger partial charge in [-0.25, -0.2) is 0 Å². The van der Waals surface area contributed by atoms with E-state index in [-0.39, 0.29) is 29.0 Å². The highest BCUT2D eigenvalue weighted by atomic mass is 16.6. The Bertz CT molecular complexity index is 1060. The summed E-state index contributed by atoms with van der Waals surface area (Å²) in [6.45, 7) is 1.39. The van der Waals surface area contributed by atoms with Crippen molar-refractivity contribution in [1.82, 2.24) is 15.2 Å². The van der Waals surface area contributed by atoms with E-state index in [1.165, 1.54) is 11.3 Å². The molecule has 0 unspecified atom stereocenters. The van der Waals surface area contributed by atoms with Crippen molar-refractivity contribution >= 4 is 22.7 Å². The number of hydrogen-bond acceptors (Lipinski definition) is 5. The van der Waals surface area contributed by atoms with E-state index in [1.54, 1.807) is 18.2 Å². The SMILES string of the molecule is O=C(NC1CCCCC1)[C@@H](c1cc2cc3c(cc2[nH]c1=O)OCCO3)N1CCC1=O. The Balaban J connectivity index is 1.52. The van der Waals surface area contributed by atoms with E-state index in [0.29, 0.717) is 43.2 Å². The number of ether oxygens (including phenoxy) is 2. The molecule has 1 saturated heterocycles. The van der Waals surface area contributed by atoms with Crippen molar-refractivity contribution in [2.24, 2.45) is 0 Å². The Hall–Kier alpha value is -3.03. The smallest absolute Gasteiger partial charge is 0.254 e. The van der Waals surface area contributed by atoms with Gasteiger partial charge in [0.05, 0.1) is 5.52 Å². The summed E-state index contributed by atoms with van der Waals surface area (Å²) in [6, 6.07) is 4.41. The van der Waals surface area contributed by atoms with E-state index in [4.69, 9.17) is 9.47 Å². The van der Waals surface area contributed by atoms with Crippen LogP contribution >= 0.6 is 0 Å². The molecule has 1 aromatic carbocycles. The van der Waals surface area contributed by atoms with Crippen LogP contribution in [0.3, 0.4) is 0 Å². The average molecular weight is 411 g/mol. The second-order valence-corrected chi connectivity index (χ2v) is 8.22. The van der Waals surface area contributed by atoms with Crippen molar-refractivity contribution in [2.75, 3.05) is 19.8 Å². The summed E-state index contributed by atoms with van der Waals surface area (Å²) in [4.78, 5) is 42.7. The van der Waals surface area contributed by atoms with Crippen LogP contribution in [0.5, 0.6) is 11.5 Å². The topological polar surface area (TPSA) is 101 Å². The van der Waals surface area contributed by atoms with Crippen molar-refractivity contribution < 1.29 is 19.1 Å². The fourth-order valence-corrected chi connectivity index (χ4v) is 4.55. The number of H-pyrrole nitrogens is 1. The third kappa shape index (κ3) is 3.40. The lowest BCUT2D eigenvalue weighted by Crippen LogP contribution is -2.53. The normalized spacial score (nSPS) is 20.0. The van der Waals surface area contributed by atoms with Gasteiger partial charge >= 0.3 is 0 Å². The van der Waals surface area contributed by atoms with Gasteiger partial charge in [0, 0.05) is 36.0 Å². The Labute approximate surface area is 173 Å². The molecule has 2 N–H and O–H groups in total. The predicted octanol–water partition coefficient (Wildman–Crippen LogP) is 2.02. The lowest BCUT2D eigenvalue weighted by atomic mass is 9.94. The van der Waals surface area contributed by atoms with Crippen molar-refractivity contribution in [1.29, 1.82) is 0 Å². The fraction of sp³-hybridized carbons (Fsp3) is 0.500. The molecule has 30 heavy (non-hydrogen) atoms. The number of nitrogens with zero attached hydrogens (tertiary/aromatic N) is 1. The number of carbonyl (C=O) groups is 2. The van der Waals surface area contributed by atoms with Gasteiger partial charge in [0.1, 0.15) is 19.3 Å². The molecule has 2 aromatic rings. The quantitative estimate of drug-likeness (QED) is 0.750. The highest BCUT2D eigenvalue weighted by molar-refractivity contribution is 5.92. The molecule has 1 aliphatic carbocycles. The number of hydrogen-bond donors (Lipinski definition) is 2. The van der Waals surface area contributed by atoms with Crippen LogP contribution in [-0.2, 0) is 9.59 Å². The van der Waals surface area contributed by atoms with Crippen molar-refractivity contribution in [3.8, 4) is 11.5 Å². The number of nitrogens with one attached hydrogen (secondary N) is 2. The number of pyridine rings is 1. The summed E-state index contributed by atoms with van der Waals surface area (Å²) in [5.74, 6) is 0.800. The van der Waals surface area contributed by atoms with Gasteiger partial charge in [-0.15, -0.1) is 0 Å². The molecule has 8 heteroatoms. The summed E-state index contributed by atoms with van der Waals surface area (Å²) >= 11 is 0. The van der Waals surface area contributed by atoms with Gasteiger partial charge in [-0.05, 0) is 25.0 Å². The van der Waals surface area contributed by atoms with Crippen molar-refractivity contribution in [3.63, 3.8) is 0 Å². The first-order chi connectivity index (χ1) is 14.6. The van der Waals surface area contributed by atoms with Crippen molar-refractivity contribution in [2.45, 2.75) is 50.6 Å². The molecule has 0 bridgehead atoms. The van der Waals surface area contributed by atoms with E-state index in [1.807, 2.05) is 0 Å². The zero-order valence-electron chi connectivity index (χ0n) is 16.7. The molecule has 1 aromatic heterocycles. The molecule has 2 amide bonds. The zero-order chi connectivity index (χ0) is 20.7. The predicted molar refractivity (Wildman–Crippen MR) is 110 cm³/mol. The number of β-lactam (4-membered cyclic amide) rings is 1. The van der Waals surface area contributed by atoms with E-state index in [2.05, 4.69) is 10.3 Å². The molecule has 8 nitrogen and oxygen atoms in total. The molecule has 0 radical (unpaired) electrons. The summed E-state index contributed by atoms with van der Waals surface area (Å²) in [6.07, 6.45) is 5.62. The molecular weight excluding hydrogens is 386 g/mol. The maximum absolute atomic E-state index is 13.2. The number of amides is 2. The molecule has 0 spiro atoms. The Morgan fingerprint density at radius 1 is 1.07 bits per heavy atom. The summed E-state index contributed by atoms with van der Waals surface area (Å²) < 4.78 is 11.2. The van der Waals surface area contributed by atoms with Crippen LogP contribution in [0.15, 0.2) is 23.0 Å². The first kappa shape index (κ1) is 19.0. The van der Waals surface area contributed by atoms with Crippen LogP contribution in [0.1, 0.15) is 50.1 Å². The first-order valence-corrected chi connectivity index (χ1v) is 10.7. The second kappa shape index (κ2) is 7.66. The Morgan fingerprint density at radius 2 is 1.80 bits per heavy atom. The lowest BCUT2D eigenvalue weighted by molar-refractivity contribution is -0.149. The lowest BCUT2D eigenvalue weighted by Gasteiger charge is -2.38. The maximum Gasteiger partial charge on any atom is 0.254 e. The second-order valence-electron chi connectivity index (χ2n) is 8.22. The molecule has 3 aliphatic rings. The molecule has 2 fully saturated rings. The Kier molecular flexibility index (Phi) is 4.84. The molecule has 3 heterocycles. The Morgan fingerprint density at radius 3 is 2.47 bits per heavy atom. The summed E-state index contributed by atoms with van der Waals surface area (Å²) in [5, 5.41) is 3.82. The average Bonchev–Trinajstić information content (AvgIpc) is 2.75. The molecule has 1 atom stereocenters. The monoisotopic (exact) mass is 411 g/mol. The van der Waals surface area contributed by atoms with Crippen LogP contribution in [0, 0.1) is 0 Å². The number of benzene rings is 1. The zero-order valence-corrected chi connectivity index (χ0v) is 16.7. The van der Waals surface area contributed by atoms with E-state index >= 15 is 0 Å². The van der Waals surface area contributed by atoms with Gasteiger partial charge in [0.15, 0.2) is 11.5 Å². The fourth-order valence-electron chi connectivity index (χ4n) is 4.55. The van der Waals surface area contributed by atoms with Gasteiger partial charge in [-0.3, -0.25) is 14.4 Å². The molecule has 2 aliphatic heterocycles. The van der Waals surface area contributed by atoms with E-state index < -0.39 is 6.04 Å². The maximum atomic E-state index is 13.2. The van der Waals surface area contributed by atoms with Crippen molar-refractivity contribution in [3.05, 3.63) is 34.1 Å². The minimum Gasteiger partial charge on any atom is -0.486 e. The largest absolute Gasteiger partial charge is 0.486 e. The van der Waals surface area contributed by atoms with Gasteiger partial charge in [0.2, 0.25) is 11.8 Å². The number of aromatic amines is 1. The first-order valence-electron chi connectivity index (χ1n) is 10.7. The number of rotatable bonds is 4. The van der Waals surface area contributed by atoms with Crippen LogP contribution in [0.2, 0.25) is 0 Å². The molecule has 158 valence electrons. The number of likely N-dealkylation sites (tertiary alicyclic amines) is 1. The van der Waals surface area contributed by atoms with Gasteiger partial charge in [0.25, 0.3) is 5.56 Å². The van der Waals surface area contributed by atoms with Crippen LogP contribution in [0.25, 0.3) is 10.9 Å². The van der Waals surface area contributed by atoms with E-state index in [9.17, 15) is 14.4 Å². The highest BCUT2D eigenvalue weighted by Crippen LogP contribution is 2.35. The number of carbonyl (C=O) groups excluding carboxylic acids is 2. The minimum absolute atomic E-state index is 0.0993. The number of aromatic nitrogens is 1. The third-order valence-electron chi connectivity index (χ3n) is 6.23. The van der Waals surface area contributed by atoms with Gasteiger partial charge in [-0.1, -0.05) is 19.3 Å².